The number of aryl methyl sites for hydroxylation is 1. The lowest BCUT2D eigenvalue weighted by molar-refractivity contribution is 0.215. The fourth-order valence-electron chi connectivity index (χ4n) is 4.15. The first-order valence-electron chi connectivity index (χ1n) is 11.0. The molecule has 0 saturated carbocycles. The second kappa shape index (κ2) is 12.1. The number of aliphatic imine (C=N–C) groups is 1. The zero-order valence-electron chi connectivity index (χ0n) is 18.8. The third kappa shape index (κ3) is 6.35. The predicted octanol–water partition coefficient (Wildman–Crippen LogP) is 3.95. The Labute approximate surface area is 207 Å². The Morgan fingerprint density at radius 3 is 2.66 bits per heavy atom. The summed E-state index contributed by atoms with van der Waals surface area (Å²) in [6.07, 6.45) is 8.11. The van der Waals surface area contributed by atoms with E-state index in [9.17, 15) is 0 Å². The Balaban J connectivity index is 0.00000289. The number of hydrogen-bond donors (Lipinski definition) is 2. The van der Waals surface area contributed by atoms with Gasteiger partial charge in [-0.2, -0.15) is 0 Å². The van der Waals surface area contributed by atoms with E-state index >= 15 is 0 Å². The van der Waals surface area contributed by atoms with Gasteiger partial charge in [-0.15, -0.1) is 24.0 Å². The molecule has 3 heterocycles. The fourth-order valence-corrected chi connectivity index (χ4v) is 4.15. The van der Waals surface area contributed by atoms with Gasteiger partial charge in [0.2, 0.25) is 0 Å². The van der Waals surface area contributed by atoms with Gasteiger partial charge in [0.25, 0.3) is 0 Å². The largest absolute Gasteiger partial charge is 0.468 e. The van der Waals surface area contributed by atoms with E-state index in [0.717, 1.165) is 43.7 Å². The molecule has 0 spiro atoms. The average molecular weight is 548 g/mol. The number of aromatic nitrogens is 2. The first kappa shape index (κ1) is 24.3. The molecular formula is C24H33IN6O. The highest BCUT2D eigenvalue weighted by Gasteiger charge is 2.25. The van der Waals surface area contributed by atoms with Crippen molar-refractivity contribution in [1.82, 2.24) is 25.1 Å². The first-order valence-corrected chi connectivity index (χ1v) is 11.0. The molecule has 0 radical (unpaired) electrons. The molecule has 0 bridgehead atoms. The summed E-state index contributed by atoms with van der Waals surface area (Å²) in [7, 11) is 1.81. The summed E-state index contributed by atoms with van der Waals surface area (Å²) in [6, 6.07) is 12.9. The van der Waals surface area contributed by atoms with Crippen LogP contribution in [0.5, 0.6) is 0 Å². The number of halogens is 1. The average Bonchev–Trinajstić information content (AvgIpc) is 3.56. The molecule has 1 fully saturated rings. The minimum atomic E-state index is 0. The third-order valence-corrected chi connectivity index (χ3v) is 5.87. The Hall–Kier alpha value is -2.33. The van der Waals surface area contributed by atoms with Crippen LogP contribution in [0.4, 0.5) is 0 Å². The Morgan fingerprint density at radius 2 is 1.97 bits per heavy atom. The summed E-state index contributed by atoms with van der Waals surface area (Å²) in [5.41, 5.74) is 2.48. The lowest BCUT2D eigenvalue weighted by Gasteiger charge is -2.26. The number of likely N-dealkylation sites (tertiary alicyclic amines) is 1. The van der Waals surface area contributed by atoms with Crippen LogP contribution in [0.3, 0.4) is 0 Å². The van der Waals surface area contributed by atoms with Crippen LogP contribution in [0.1, 0.15) is 41.6 Å². The topological polar surface area (TPSA) is 70.6 Å². The molecule has 1 aliphatic rings. The number of hydrogen-bond acceptors (Lipinski definition) is 4. The molecule has 8 heteroatoms. The van der Waals surface area contributed by atoms with Crippen molar-refractivity contribution in [3.8, 4) is 0 Å². The molecule has 7 nitrogen and oxygen atoms in total. The summed E-state index contributed by atoms with van der Waals surface area (Å²) in [5.74, 6) is 2.83. The molecule has 2 aromatic heterocycles. The van der Waals surface area contributed by atoms with Gasteiger partial charge in [0, 0.05) is 39.1 Å². The minimum Gasteiger partial charge on any atom is -0.468 e. The Kier molecular flexibility index (Phi) is 9.16. The van der Waals surface area contributed by atoms with E-state index in [0.29, 0.717) is 6.54 Å². The van der Waals surface area contributed by atoms with Crippen molar-refractivity contribution in [1.29, 1.82) is 0 Å². The van der Waals surface area contributed by atoms with E-state index in [1.807, 2.05) is 32.4 Å². The molecule has 1 unspecified atom stereocenters. The number of furan rings is 1. The lowest BCUT2D eigenvalue weighted by Crippen LogP contribution is -2.42. The summed E-state index contributed by atoms with van der Waals surface area (Å²) < 4.78 is 7.87. The molecule has 4 rings (SSSR count). The van der Waals surface area contributed by atoms with Gasteiger partial charge in [-0.1, -0.05) is 24.3 Å². The van der Waals surface area contributed by atoms with Crippen molar-refractivity contribution in [3.63, 3.8) is 0 Å². The molecule has 0 amide bonds. The van der Waals surface area contributed by atoms with Gasteiger partial charge in [0.15, 0.2) is 5.96 Å². The second-order valence-electron chi connectivity index (χ2n) is 8.00. The summed E-state index contributed by atoms with van der Waals surface area (Å²) >= 11 is 0. The van der Waals surface area contributed by atoms with Crippen molar-refractivity contribution in [2.75, 3.05) is 26.7 Å². The molecular weight excluding hydrogens is 515 g/mol. The zero-order valence-corrected chi connectivity index (χ0v) is 21.2. The van der Waals surface area contributed by atoms with Gasteiger partial charge < -0.3 is 19.6 Å². The molecule has 3 aromatic rings. The fraction of sp³-hybridized carbons (Fsp3) is 0.417. The maximum atomic E-state index is 5.72. The molecule has 32 heavy (non-hydrogen) atoms. The summed E-state index contributed by atoms with van der Waals surface area (Å²) in [6.45, 7) is 6.55. The number of nitrogens with one attached hydrogen (secondary N) is 2. The highest BCUT2D eigenvalue weighted by molar-refractivity contribution is 14.0. The first-order chi connectivity index (χ1) is 15.2. The van der Waals surface area contributed by atoms with Crippen LogP contribution in [-0.2, 0) is 13.1 Å². The molecule has 1 saturated heterocycles. The smallest absolute Gasteiger partial charge is 0.191 e. The van der Waals surface area contributed by atoms with Gasteiger partial charge in [-0.25, -0.2) is 4.98 Å². The second-order valence-corrected chi connectivity index (χ2v) is 8.00. The van der Waals surface area contributed by atoms with Gasteiger partial charge in [0.1, 0.15) is 11.6 Å². The van der Waals surface area contributed by atoms with Crippen molar-refractivity contribution in [3.05, 3.63) is 77.8 Å². The van der Waals surface area contributed by atoms with Gasteiger partial charge in [-0.3, -0.25) is 9.89 Å². The zero-order chi connectivity index (χ0) is 21.5. The molecule has 1 aliphatic heterocycles. The maximum Gasteiger partial charge on any atom is 0.191 e. The van der Waals surface area contributed by atoms with E-state index in [-0.39, 0.29) is 30.0 Å². The third-order valence-electron chi connectivity index (χ3n) is 5.87. The Morgan fingerprint density at radius 1 is 1.16 bits per heavy atom. The monoisotopic (exact) mass is 548 g/mol. The van der Waals surface area contributed by atoms with E-state index in [1.165, 1.54) is 24.0 Å². The van der Waals surface area contributed by atoms with Crippen LogP contribution in [-0.4, -0.2) is 47.1 Å². The lowest BCUT2D eigenvalue weighted by atomic mass is 10.1. The van der Waals surface area contributed by atoms with Crippen molar-refractivity contribution in [2.24, 2.45) is 4.99 Å². The van der Waals surface area contributed by atoms with Gasteiger partial charge in [0.05, 0.1) is 12.3 Å². The highest BCUT2D eigenvalue weighted by Crippen LogP contribution is 2.24. The van der Waals surface area contributed by atoms with Crippen LogP contribution >= 0.6 is 24.0 Å². The molecule has 1 atom stereocenters. The van der Waals surface area contributed by atoms with Crippen LogP contribution in [0.2, 0.25) is 0 Å². The van der Waals surface area contributed by atoms with E-state index in [2.05, 4.69) is 60.4 Å². The quantitative estimate of drug-likeness (QED) is 0.254. The van der Waals surface area contributed by atoms with Crippen molar-refractivity contribution >= 4 is 29.9 Å². The number of benzene rings is 1. The van der Waals surface area contributed by atoms with Crippen molar-refractivity contribution < 1.29 is 4.42 Å². The molecule has 2 N–H and O–H groups in total. The molecule has 172 valence electrons. The highest BCUT2D eigenvalue weighted by atomic mass is 127. The predicted molar refractivity (Wildman–Crippen MR) is 138 cm³/mol. The van der Waals surface area contributed by atoms with Crippen LogP contribution in [0.15, 0.2) is 64.5 Å². The van der Waals surface area contributed by atoms with E-state index < -0.39 is 0 Å². The van der Waals surface area contributed by atoms with Crippen LogP contribution < -0.4 is 10.6 Å². The minimum absolute atomic E-state index is 0. The van der Waals surface area contributed by atoms with Gasteiger partial charge in [-0.05, 0) is 56.1 Å². The van der Waals surface area contributed by atoms with E-state index in [4.69, 9.17) is 4.42 Å². The standard InChI is InChI=1S/C24H32N6O.HI/c1-19-26-10-13-30(19)18-21-8-5-7-20(15-21)16-27-24(25-2)28-17-22(23-9-6-14-31-23)29-11-3-4-12-29;/h5-10,13-15,22H,3-4,11-12,16-18H2,1-2H3,(H2,25,27,28);1H. The maximum absolute atomic E-state index is 5.72. The van der Waals surface area contributed by atoms with Crippen molar-refractivity contribution in [2.45, 2.75) is 38.9 Å². The number of rotatable bonds is 8. The van der Waals surface area contributed by atoms with E-state index in [1.54, 1.807) is 6.26 Å². The van der Waals surface area contributed by atoms with Crippen LogP contribution in [0.25, 0.3) is 0 Å². The summed E-state index contributed by atoms with van der Waals surface area (Å²) in [4.78, 5) is 11.2. The summed E-state index contributed by atoms with van der Waals surface area (Å²) in [5, 5.41) is 6.93. The molecule has 0 aliphatic carbocycles. The Bertz CT molecular complexity index is 978. The molecule has 1 aromatic carbocycles. The SMILES string of the molecule is CN=C(NCc1cccc(Cn2ccnc2C)c1)NCC(c1ccco1)N1CCCC1.I. The number of guanidine groups is 1. The number of nitrogens with zero attached hydrogens (tertiary/aromatic N) is 4. The normalized spacial score (nSPS) is 15.4. The van der Waals surface area contributed by atoms with Gasteiger partial charge >= 0.3 is 0 Å². The van der Waals surface area contributed by atoms with Crippen LogP contribution in [0, 0.1) is 6.92 Å². The number of imidazole rings is 1.